The van der Waals surface area contributed by atoms with Gasteiger partial charge in [0, 0.05) is 22.6 Å². The Bertz CT molecular complexity index is 820. The standard InChI is InChI=1S/C20H22ClNO7/c1-20(2,19(24)27-12-3-13-28-22(25)26)29-17-10-6-15(7-11-17)18(23)14-4-8-16(21)9-5-14/h4-11,25-26H,3,12-13H2,1-2H3. The number of ketones is 1. The monoisotopic (exact) mass is 423 g/mol. The zero-order chi connectivity index (χ0) is 21.4. The summed E-state index contributed by atoms with van der Waals surface area (Å²) >= 11 is 5.84. The topological polar surface area (TPSA) is 106 Å². The molecule has 2 N–H and O–H groups in total. The molecule has 0 fully saturated rings. The van der Waals surface area contributed by atoms with Gasteiger partial charge < -0.3 is 9.47 Å². The van der Waals surface area contributed by atoms with Gasteiger partial charge >= 0.3 is 5.97 Å². The van der Waals surface area contributed by atoms with Gasteiger partial charge in [-0.3, -0.25) is 20.0 Å². The van der Waals surface area contributed by atoms with E-state index in [0.717, 1.165) is 0 Å². The highest BCUT2D eigenvalue weighted by Crippen LogP contribution is 2.22. The van der Waals surface area contributed by atoms with Gasteiger partial charge in [0.15, 0.2) is 11.4 Å². The lowest BCUT2D eigenvalue weighted by Gasteiger charge is -2.24. The summed E-state index contributed by atoms with van der Waals surface area (Å²) in [4.78, 5) is 29.0. The SMILES string of the molecule is CC(C)(Oc1ccc(C(=O)c2ccc(Cl)cc2)cc1)C(=O)OCCCON(O)O. The van der Waals surface area contributed by atoms with E-state index in [1.807, 2.05) is 0 Å². The highest BCUT2D eigenvalue weighted by atomic mass is 35.5. The van der Waals surface area contributed by atoms with Crippen molar-refractivity contribution in [1.29, 1.82) is 0 Å². The third-order valence-corrected chi connectivity index (χ3v) is 4.07. The molecule has 0 aliphatic heterocycles. The molecule has 0 aliphatic rings. The van der Waals surface area contributed by atoms with Crippen LogP contribution in [0.5, 0.6) is 5.75 Å². The quantitative estimate of drug-likeness (QED) is 0.258. The van der Waals surface area contributed by atoms with Crippen molar-refractivity contribution in [2.75, 3.05) is 13.2 Å². The Morgan fingerprint density at radius 3 is 2.07 bits per heavy atom. The highest BCUT2D eigenvalue weighted by molar-refractivity contribution is 6.30. The fraction of sp³-hybridized carbons (Fsp3) is 0.300. The zero-order valence-electron chi connectivity index (χ0n) is 16.0. The minimum atomic E-state index is -1.26. The number of nitrogens with zero attached hydrogens (tertiary/aromatic N) is 1. The van der Waals surface area contributed by atoms with Gasteiger partial charge in [-0.15, -0.1) is 0 Å². The van der Waals surface area contributed by atoms with E-state index >= 15 is 0 Å². The Morgan fingerprint density at radius 1 is 0.966 bits per heavy atom. The first-order chi connectivity index (χ1) is 13.7. The van der Waals surface area contributed by atoms with Crippen LogP contribution >= 0.6 is 11.6 Å². The summed E-state index contributed by atoms with van der Waals surface area (Å²) in [5.74, 6) is -0.346. The van der Waals surface area contributed by atoms with Crippen molar-refractivity contribution in [2.45, 2.75) is 25.9 Å². The molecule has 2 aromatic rings. The van der Waals surface area contributed by atoms with E-state index in [0.29, 0.717) is 21.9 Å². The Labute approximate surface area is 173 Å². The van der Waals surface area contributed by atoms with E-state index in [9.17, 15) is 9.59 Å². The third-order valence-electron chi connectivity index (χ3n) is 3.82. The smallest absolute Gasteiger partial charge is 0.349 e. The van der Waals surface area contributed by atoms with Crippen LogP contribution in [0, 0.1) is 0 Å². The van der Waals surface area contributed by atoms with E-state index in [1.54, 1.807) is 62.4 Å². The largest absolute Gasteiger partial charge is 0.476 e. The molecule has 9 heteroatoms. The summed E-state index contributed by atoms with van der Waals surface area (Å²) < 4.78 is 10.8. The first kappa shape index (κ1) is 22.8. The second-order valence-corrected chi connectivity index (χ2v) is 6.98. The van der Waals surface area contributed by atoms with Gasteiger partial charge in [-0.2, -0.15) is 0 Å². The maximum absolute atomic E-state index is 12.5. The number of carbonyl (C=O) groups is 2. The van der Waals surface area contributed by atoms with Crippen molar-refractivity contribution in [3.05, 3.63) is 64.7 Å². The number of ether oxygens (including phenoxy) is 2. The van der Waals surface area contributed by atoms with Crippen molar-refractivity contribution in [2.24, 2.45) is 0 Å². The lowest BCUT2D eigenvalue weighted by atomic mass is 10.0. The second-order valence-electron chi connectivity index (χ2n) is 6.55. The van der Waals surface area contributed by atoms with Crippen LogP contribution in [0.2, 0.25) is 5.02 Å². The van der Waals surface area contributed by atoms with Gasteiger partial charge in [0.2, 0.25) is 0 Å². The number of carbonyl (C=O) groups excluding carboxylic acids is 2. The number of benzene rings is 2. The van der Waals surface area contributed by atoms with Crippen molar-refractivity contribution in [1.82, 2.24) is 5.39 Å². The van der Waals surface area contributed by atoms with Crippen molar-refractivity contribution < 1.29 is 34.3 Å². The normalized spacial score (nSPS) is 11.4. The molecule has 0 saturated carbocycles. The van der Waals surface area contributed by atoms with Gasteiger partial charge in [-0.1, -0.05) is 11.6 Å². The third kappa shape index (κ3) is 7.12. The molecule has 0 saturated heterocycles. The molecule has 0 bridgehead atoms. The second kappa shape index (κ2) is 10.3. The van der Waals surface area contributed by atoms with Gasteiger partial charge in [0.1, 0.15) is 5.75 Å². The molecule has 0 heterocycles. The molecular formula is C20H22ClNO7. The summed E-state index contributed by atoms with van der Waals surface area (Å²) in [6.45, 7) is 3.10. The average molecular weight is 424 g/mol. The van der Waals surface area contributed by atoms with Gasteiger partial charge in [-0.05, 0) is 62.4 Å². The molecule has 0 aromatic heterocycles. The summed E-state index contributed by atoms with van der Waals surface area (Å²) in [7, 11) is 0. The van der Waals surface area contributed by atoms with E-state index in [-0.39, 0.29) is 25.4 Å². The Morgan fingerprint density at radius 2 is 1.52 bits per heavy atom. The molecule has 0 unspecified atom stereocenters. The molecule has 29 heavy (non-hydrogen) atoms. The molecule has 0 aliphatic carbocycles. The predicted octanol–water partition coefficient (Wildman–Crippen LogP) is 3.67. The minimum Gasteiger partial charge on any atom is -0.476 e. The molecule has 0 spiro atoms. The van der Waals surface area contributed by atoms with E-state index in [4.69, 9.17) is 31.5 Å². The average Bonchev–Trinajstić information content (AvgIpc) is 2.67. The molecule has 2 rings (SSSR count). The Hall–Kier alpha value is -2.49. The highest BCUT2D eigenvalue weighted by Gasteiger charge is 2.31. The zero-order valence-corrected chi connectivity index (χ0v) is 16.8. The maximum Gasteiger partial charge on any atom is 0.349 e. The summed E-state index contributed by atoms with van der Waals surface area (Å²) in [5.41, 5.74) is -0.272. The van der Waals surface area contributed by atoms with Gasteiger partial charge in [-0.25, -0.2) is 4.79 Å². The fourth-order valence-corrected chi connectivity index (χ4v) is 2.45. The molecule has 156 valence electrons. The van der Waals surface area contributed by atoms with Crippen LogP contribution in [-0.2, 0) is 14.4 Å². The lowest BCUT2D eigenvalue weighted by Crippen LogP contribution is -2.40. The number of hydrogen-bond donors (Lipinski definition) is 2. The molecule has 0 radical (unpaired) electrons. The summed E-state index contributed by atoms with van der Waals surface area (Å²) in [6, 6.07) is 13.0. The maximum atomic E-state index is 12.5. The van der Waals surface area contributed by atoms with Crippen molar-refractivity contribution >= 4 is 23.4 Å². The predicted molar refractivity (Wildman–Crippen MR) is 103 cm³/mol. The first-order valence-electron chi connectivity index (χ1n) is 8.76. The van der Waals surface area contributed by atoms with E-state index in [1.165, 1.54) is 0 Å². The first-order valence-corrected chi connectivity index (χ1v) is 9.14. The molecule has 8 nitrogen and oxygen atoms in total. The van der Waals surface area contributed by atoms with Crippen LogP contribution in [-0.4, -0.2) is 46.4 Å². The van der Waals surface area contributed by atoms with Crippen LogP contribution < -0.4 is 4.74 Å². The lowest BCUT2D eigenvalue weighted by molar-refractivity contribution is -0.492. The van der Waals surface area contributed by atoms with Crippen molar-refractivity contribution in [3.63, 3.8) is 0 Å². The van der Waals surface area contributed by atoms with Crippen LogP contribution in [0.1, 0.15) is 36.2 Å². The minimum absolute atomic E-state index is 0.0218. The van der Waals surface area contributed by atoms with Crippen LogP contribution in [0.15, 0.2) is 48.5 Å². The Balaban J connectivity index is 1.91. The molecule has 2 aromatic carbocycles. The number of hydrogen-bond acceptors (Lipinski definition) is 8. The van der Waals surface area contributed by atoms with Gasteiger partial charge in [0.25, 0.3) is 0 Å². The van der Waals surface area contributed by atoms with Crippen LogP contribution in [0.25, 0.3) is 0 Å². The number of rotatable bonds is 10. The van der Waals surface area contributed by atoms with Crippen LogP contribution in [0.4, 0.5) is 0 Å². The molecular weight excluding hydrogens is 402 g/mol. The van der Waals surface area contributed by atoms with Gasteiger partial charge in [0.05, 0.1) is 18.6 Å². The molecule has 0 amide bonds. The molecule has 0 atom stereocenters. The number of halogens is 1. The van der Waals surface area contributed by atoms with E-state index in [2.05, 4.69) is 4.84 Å². The number of esters is 1. The summed E-state index contributed by atoms with van der Waals surface area (Å²) in [5, 5.41) is 16.9. The van der Waals surface area contributed by atoms with Crippen molar-refractivity contribution in [3.8, 4) is 5.75 Å². The summed E-state index contributed by atoms with van der Waals surface area (Å²) in [6.07, 6.45) is 0.265. The van der Waals surface area contributed by atoms with E-state index < -0.39 is 17.0 Å². The Kier molecular flexibility index (Phi) is 8.12. The van der Waals surface area contributed by atoms with Crippen LogP contribution in [0.3, 0.4) is 0 Å². The fourth-order valence-electron chi connectivity index (χ4n) is 2.32.